The first-order chi connectivity index (χ1) is 10.0. The molecule has 5 heteroatoms. The number of hydrogen-bond donors (Lipinski definition) is 3. The van der Waals surface area contributed by atoms with E-state index in [1.165, 1.54) is 0 Å². The van der Waals surface area contributed by atoms with Gasteiger partial charge in [-0.05, 0) is 43.0 Å². The molecule has 21 heavy (non-hydrogen) atoms. The number of carboxylic acid groups (broad SMARTS) is 1. The molecule has 0 fully saturated rings. The molecule has 114 valence electrons. The van der Waals surface area contributed by atoms with E-state index < -0.39 is 11.5 Å². The van der Waals surface area contributed by atoms with Crippen LogP contribution in [0.25, 0.3) is 0 Å². The second-order valence-corrected chi connectivity index (χ2v) is 5.42. The highest BCUT2D eigenvalue weighted by Gasteiger charge is 2.37. The first kappa shape index (κ1) is 15.5. The lowest BCUT2D eigenvalue weighted by molar-refractivity contribution is -0.144. The first-order valence-corrected chi connectivity index (χ1v) is 7.41. The maximum atomic E-state index is 12.6. The Labute approximate surface area is 124 Å². The molecule has 0 unspecified atom stereocenters. The molecule has 3 N–H and O–H groups in total. The van der Waals surface area contributed by atoms with Crippen molar-refractivity contribution < 1.29 is 14.7 Å². The van der Waals surface area contributed by atoms with Crippen molar-refractivity contribution in [3.05, 3.63) is 34.9 Å². The summed E-state index contributed by atoms with van der Waals surface area (Å²) in [4.78, 5) is 24.1. The van der Waals surface area contributed by atoms with E-state index >= 15 is 0 Å². The Morgan fingerprint density at radius 1 is 1.33 bits per heavy atom. The summed E-state index contributed by atoms with van der Waals surface area (Å²) >= 11 is 0. The van der Waals surface area contributed by atoms with Crippen LogP contribution in [0.15, 0.2) is 18.2 Å². The summed E-state index contributed by atoms with van der Waals surface area (Å²) in [6.45, 7) is 5.15. The molecule has 0 spiro atoms. The fourth-order valence-electron chi connectivity index (χ4n) is 2.81. The van der Waals surface area contributed by atoms with Gasteiger partial charge in [0.05, 0.1) is 0 Å². The van der Waals surface area contributed by atoms with Crippen LogP contribution in [0.3, 0.4) is 0 Å². The Hall–Kier alpha value is -1.88. The van der Waals surface area contributed by atoms with Gasteiger partial charge in [-0.25, -0.2) is 4.79 Å². The van der Waals surface area contributed by atoms with E-state index in [2.05, 4.69) is 10.6 Å². The lowest BCUT2D eigenvalue weighted by atomic mass is 9.90. The minimum Gasteiger partial charge on any atom is -0.480 e. The summed E-state index contributed by atoms with van der Waals surface area (Å²) in [5, 5.41) is 15.4. The highest BCUT2D eigenvalue weighted by molar-refractivity contribution is 5.99. The van der Waals surface area contributed by atoms with Crippen molar-refractivity contribution in [2.45, 2.75) is 45.2 Å². The van der Waals surface area contributed by atoms with E-state index in [4.69, 9.17) is 0 Å². The van der Waals surface area contributed by atoms with Gasteiger partial charge in [0.25, 0.3) is 5.91 Å². The fourth-order valence-corrected chi connectivity index (χ4v) is 2.81. The molecule has 0 bridgehead atoms. The van der Waals surface area contributed by atoms with E-state index in [1.807, 2.05) is 12.1 Å². The van der Waals surface area contributed by atoms with Crippen LogP contribution in [-0.4, -0.2) is 29.1 Å². The lowest BCUT2D eigenvalue weighted by Crippen LogP contribution is -2.54. The van der Waals surface area contributed by atoms with Crippen molar-refractivity contribution in [1.29, 1.82) is 0 Å². The summed E-state index contributed by atoms with van der Waals surface area (Å²) < 4.78 is 0. The molecule has 5 nitrogen and oxygen atoms in total. The number of aliphatic carboxylic acids is 1. The zero-order valence-corrected chi connectivity index (χ0v) is 12.5. The minimum absolute atomic E-state index is 0.292. The van der Waals surface area contributed by atoms with E-state index in [9.17, 15) is 14.7 Å². The maximum absolute atomic E-state index is 12.6. The second kappa shape index (κ2) is 6.26. The number of hydrogen-bond acceptors (Lipinski definition) is 3. The van der Waals surface area contributed by atoms with Crippen LogP contribution < -0.4 is 10.6 Å². The standard InChI is InChI=1S/C16H22N2O3/c1-3-16(4-2,15(20)21)18-14(19)13-7-5-6-11-10-17-9-8-12(11)13/h5-7,17H,3-4,8-10H2,1-2H3,(H,18,19)(H,20,21). The van der Waals surface area contributed by atoms with Crippen LogP contribution in [-0.2, 0) is 17.8 Å². The Balaban J connectivity index is 2.30. The molecule has 0 radical (unpaired) electrons. The van der Waals surface area contributed by atoms with Crippen molar-refractivity contribution in [3.8, 4) is 0 Å². The van der Waals surface area contributed by atoms with Crippen LogP contribution in [0.1, 0.15) is 48.2 Å². The van der Waals surface area contributed by atoms with Crippen LogP contribution in [0, 0.1) is 0 Å². The summed E-state index contributed by atoms with van der Waals surface area (Å²) in [7, 11) is 0. The van der Waals surface area contributed by atoms with E-state index in [0.29, 0.717) is 18.4 Å². The van der Waals surface area contributed by atoms with Crippen LogP contribution >= 0.6 is 0 Å². The third kappa shape index (κ3) is 2.93. The van der Waals surface area contributed by atoms with Gasteiger partial charge >= 0.3 is 5.97 Å². The normalized spacial score (nSPS) is 14.4. The molecule has 1 aliphatic heterocycles. The second-order valence-electron chi connectivity index (χ2n) is 5.42. The molecule has 1 aromatic rings. The molecule has 1 amide bonds. The van der Waals surface area contributed by atoms with Gasteiger partial charge < -0.3 is 15.7 Å². The summed E-state index contributed by atoms with van der Waals surface area (Å²) in [6, 6.07) is 5.63. The number of amides is 1. The number of carbonyl (C=O) groups is 2. The molecule has 1 aliphatic rings. The van der Waals surface area contributed by atoms with Crippen molar-refractivity contribution in [1.82, 2.24) is 10.6 Å². The molecule has 1 heterocycles. The maximum Gasteiger partial charge on any atom is 0.329 e. The Morgan fingerprint density at radius 2 is 2.05 bits per heavy atom. The number of rotatable bonds is 5. The van der Waals surface area contributed by atoms with Crippen LogP contribution in [0.5, 0.6) is 0 Å². The molecular weight excluding hydrogens is 268 g/mol. The third-order valence-corrected chi connectivity index (χ3v) is 4.35. The number of carbonyl (C=O) groups excluding carboxylic acids is 1. The highest BCUT2D eigenvalue weighted by Crippen LogP contribution is 2.21. The molecular formula is C16H22N2O3. The van der Waals surface area contributed by atoms with Gasteiger partial charge in [-0.3, -0.25) is 4.79 Å². The van der Waals surface area contributed by atoms with E-state index in [1.54, 1.807) is 19.9 Å². The van der Waals surface area contributed by atoms with Gasteiger partial charge in [0.1, 0.15) is 5.54 Å². The summed E-state index contributed by atoms with van der Waals surface area (Å²) in [6.07, 6.45) is 1.51. The van der Waals surface area contributed by atoms with Gasteiger partial charge in [-0.2, -0.15) is 0 Å². The quantitative estimate of drug-likeness (QED) is 0.771. The molecule has 0 saturated carbocycles. The van der Waals surface area contributed by atoms with E-state index in [-0.39, 0.29) is 5.91 Å². The lowest BCUT2D eigenvalue weighted by Gasteiger charge is -2.29. The van der Waals surface area contributed by atoms with Gasteiger partial charge in [-0.15, -0.1) is 0 Å². The highest BCUT2D eigenvalue weighted by atomic mass is 16.4. The smallest absolute Gasteiger partial charge is 0.329 e. The molecule has 0 aromatic heterocycles. The molecule has 1 aromatic carbocycles. The Kier molecular flexibility index (Phi) is 4.63. The van der Waals surface area contributed by atoms with E-state index in [0.717, 1.165) is 30.6 Å². The first-order valence-electron chi connectivity index (χ1n) is 7.41. The SMILES string of the molecule is CCC(CC)(NC(=O)c1cccc2c1CCNC2)C(=O)O. The van der Waals surface area contributed by atoms with Gasteiger partial charge in [0.2, 0.25) is 0 Å². The van der Waals surface area contributed by atoms with Crippen molar-refractivity contribution in [2.24, 2.45) is 0 Å². The Morgan fingerprint density at radius 3 is 2.67 bits per heavy atom. The fraction of sp³-hybridized carbons (Fsp3) is 0.500. The number of fused-ring (bicyclic) bond motifs is 1. The monoisotopic (exact) mass is 290 g/mol. The number of nitrogens with one attached hydrogen (secondary N) is 2. The predicted molar refractivity (Wildman–Crippen MR) is 80.3 cm³/mol. The van der Waals surface area contributed by atoms with Crippen molar-refractivity contribution in [3.63, 3.8) is 0 Å². The number of benzene rings is 1. The predicted octanol–water partition coefficient (Wildman–Crippen LogP) is 1.71. The van der Waals surface area contributed by atoms with Crippen LogP contribution in [0.4, 0.5) is 0 Å². The van der Waals surface area contributed by atoms with Gasteiger partial charge in [-0.1, -0.05) is 26.0 Å². The average molecular weight is 290 g/mol. The van der Waals surface area contributed by atoms with Crippen molar-refractivity contribution in [2.75, 3.05) is 6.54 Å². The molecule has 2 rings (SSSR count). The third-order valence-electron chi connectivity index (χ3n) is 4.35. The van der Waals surface area contributed by atoms with Gasteiger partial charge in [0, 0.05) is 12.1 Å². The van der Waals surface area contributed by atoms with Gasteiger partial charge in [0.15, 0.2) is 0 Å². The van der Waals surface area contributed by atoms with Crippen LogP contribution in [0.2, 0.25) is 0 Å². The largest absolute Gasteiger partial charge is 0.480 e. The average Bonchev–Trinajstić information content (AvgIpc) is 2.51. The zero-order chi connectivity index (χ0) is 15.5. The minimum atomic E-state index is -1.19. The molecule has 0 saturated heterocycles. The molecule has 0 atom stereocenters. The topological polar surface area (TPSA) is 78.4 Å². The molecule has 0 aliphatic carbocycles. The number of carboxylic acids is 1. The Bertz CT molecular complexity index is 550. The zero-order valence-electron chi connectivity index (χ0n) is 12.5. The summed E-state index contributed by atoms with van der Waals surface area (Å²) in [5.41, 5.74) is 1.55. The van der Waals surface area contributed by atoms with Crippen molar-refractivity contribution >= 4 is 11.9 Å². The summed E-state index contributed by atoms with van der Waals surface area (Å²) in [5.74, 6) is -1.27.